The summed E-state index contributed by atoms with van der Waals surface area (Å²) in [5.74, 6) is -1.55. The molecule has 48 heavy (non-hydrogen) atoms. The van der Waals surface area contributed by atoms with E-state index in [2.05, 4.69) is 16.0 Å². The maximum Gasteiger partial charge on any atom is 0.407 e. The molecule has 254 valence electrons. The zero-order valence-corrected chi connectivity index (χ0v) is 28.3. The molecule has 5 N–H and O–H groups in total. The van der Waals surface area contributed by atoms with Crippen LogP contribution >= 0.6 is 0 Å². The third-order valence-electron chi connectivity index (χ3n) is 8.55. The molecule has 10 nitrogen and oxygen atoms in total. The van der Waals surface area contributed by atoms with Crippen molar-refractivity contribution < 1.29 is 29.0 Å². The first kappa shape index (κ1) is 35.9. The average molecular weight is 655 g/mol. The van der Waals surface area contributed by atoms with Crippen LogP contribution in [-0.4, -0.2) is 52.9 Å². The number of aryl methyl sites for hydroxylation is 1. The van der Waals surface area contributed by atoms with Gasteiger partial charge in [0, 0.05) is 30.3 Å². The Kier molecular flexibility index (Phi) is 11.8. The lowest BCUT2D eigenvalue weighted by Crippen LogP contribution is -2.48. The summed E-state index contributed by atoms with van der Waals surface area (Å²) in [7, 11) is 0. The number of hydrogen-bond donors (Lipinski definition) is 5. The third-order valence-corrected chi connectivity index (χ3v) is 8.55. The van der Waals surface area contributed by atoms with Crippen molar-refractivity contribution in [2.75, 3.05) is 11.9 Å². The van der Waals surface area contributed by atoms with Crippen molar-refractivity contribution in [3.63, 3.8) is 0 Å². The van der Waals surface area contributed by atoms with Gasteiger partial charge in [-0.3, -0.25) is 9.59 Å². The minimum atomic E-state index is -0.995. The summed E-state index contributed by atoms with van der Waals surface area (Å²) in [6.45, 7) is 9.60. The van der Waals surface area contributed by atoms with Crippen molar-refractivity contribution in [2.45, 2.75) is 78.4 Å². The Morgan fingerprint density at radius 2 is 1.54 bits per heavy atom. The van der Waals surface area contributed by atoms with Crippen LogP contribution in [0.5, 0.6) is 0 Å². The number of rotatable bonds is 11. The van der Waals surface area contributed by atoms with E-state index in [0.717, 1.165) is 40.7 Å². The fourth-order valence-corrected chi connectivity index (χ4v) is 5.84. The number of alkyl carbamates (subject to hydrolysis) is 1. The molecule has 1 fully saturated rings. The number of carbonyl (C=O) groups excluding carboxylic acids is 3. The summed E-state index contributed by atoms with van der Waals surface area (Å²) in [4.78, 5) is 50.7. The Balaban J connectivity index is 1.47. The third kappa shape index (κ3) is 10.3. The van der Waals surface area contributed by atoms with Crippen molar-refractivity contribution in [3.05, 3.63) is 89.0 Å². The topological polar surface area (TPSA) is 158 Å². The first-order chi connectivity index (χ1) is 22.7. The van der Waals surface area contributed by atoms with Gasteiger partial charge in [0.25, 0.3) is 0 Å². The van der Waals surface area contributed by atoms with E-state index < -0.39 is 23.7 Å². The Morgan fingerprint density at radius 3 is 2.12 bits per heavy atom. The molecule has 0 bridgehead atoms. The van der Waals surface area contributed by atoms with Gasteiger partial charge in [-0.05, 0) is 118 Å². The fourth-order valence-electron chi connectivity index (χ4n) is 5.84. The second kappa shape index (κ2) is 15.7. The maximum absolute atomic E-state index is 13.7. The van der Waals surface area contributed by atoms with Crippen LogP contribution in [0.3, 0.4) is 0 Å². The summed E-state index contributed by atoms with van der Waals surface area (Å²) >= 11 is 0. The quantitative estimate of drug-likeness (QED) is 0.144. The zero-order valence-electron chi connectivity index (χ0n) is 28.3. The molecule has 1 aliphatic rings. The SMILES string of the molecule is CC(=N)c1ccc(NC(=O)[C@H](Cc2ccc(C)c(-c3ccc(C(=O)O)cc3)c2)NC(=O)C2CCC(CNC(=O)OC(C)(C)C)CC2)cc1. The van der Waals surface area contributed by atoms with Crippen molar-refractivity contribution in [1.29, 1.82) is 5.41 Å². The molecule has 3 aromatic carbocycles. The van der Waals surface area contributed by atoms with E-state index in [-0.39, 0.29) is 35.6 Å². The van der Waals surface area contributed by atoms with Gasteiger partial charge >= 0.3 is 12.1 Å². The lowest BCUT2D eigenvalue weighted by molar-refractivity contribution is -0.130. The van der Waals surface area contributed by atoms with E-state index in [1.54, 1.807) is 55.5 Å². The zero-order chi connectivity index (χ0) is 35.0. The Labute approximate surface area is 282 Å². The van der Waals surface area contributed by atoms with Crippen molar-refractivity contribution in [2.24, 2.45) is 11.8 Å². The van der Waals surface area contributed by atoms with Crippen LogP contribution in [0.15, 0.2) is 66.7 Å². The van der Waals surface area contributed by atoms with Gasteiger partial charge in [0.15, 0.2) is 0 Å². The number of hydrogen-bond acceptors (Lipinski definition) is 6. The number of carboxylic acids is 1. The molecule has 0 unspecified atom stereocenters. The van der Waals surface area contributed by atoms with Crippen LogP contribution < -0.4 is 16.0 Å². The van der Waals surface area contributed by atoms with E-state index in [9.17, 15) is 24.3 Å². The van der Waals surface area contributed by atoms with Gasteiger partial charge in [-0.1, -0.05) is 42.5 Å². The smallest absolute Gasteiger partial charge is 0.407 e. The number of carboxylic acid groups (broad SMARTS) is 1. The summed E-state index contributed by atoms with van der Waals surface area (Å²) in [5, 5.41) is 25.9. The number of aromatic carboxylic acids is 1. The van der Waals surface area contributed by atoms with Crippen molar-refractivity contribution in [1.82, 2.24) is 10.6 Å². The van der Waals surface area contributed by atoms with E-state index in [0.29, 0.717) is 30.8 Å². The predicted molar refractivity (Wildman–Crippen MR) is 186 cm³/mol. The van der Waals surface area contributed by atoms with Gasteiger partial charge < -0.3 is 31.2 Å². The molecular weight excluding hydrogens is 608 g/mol. The molecule has 0 aromatic heterocycles. The molecule has 10 heteroatoms. The maximum atomic E-state index is 13.7. The molecule has 0 aliphatic heterocycles. The lowest BCUT2D eigenvalue weighted by Gasteiger charge is -2.29. The van der Waals surface area contributed by atoms with Crippen LogP contribution in [0.1, 0.15) is 80.4 Å². The van der Waals surface area contributed by atoms with E-state index in [1.165, 1.54) is 0 Å². The van der Waals surface area contributed by atoms with E-state index in [1.807, 2.05) is 45.9 Å². The molecule has 0 heterocycles. The second-order valence-electron chi connectivity index (χ2n) is 13.6. The number of anilines is 1. The Bertz CT molecular complexity index is 1640. The van der Waals surface area contributed by atoms with Gasteiger partial charge in [0.05, 0.1) is 5.56 Å². The first-order valence-corrected chi connectivity index (χ1v) is 16.4. The molecule has 1 atom stereocenters. The number of amides is 3. The first-order valence-electron chi connectivity index (χ1n) is 16.4. The summed E-state index contributed by atoms with van der Waals surface area (Å²) in [6, 6.07) is 18.7. The van der Waals surface area contributed by atoms with Crippen LogP contribution in [0.4, 0.5) is 10.5 Å². The normalized spacial score (nSPS) is 16.7. The molecule has 0 radical (unpaired) electrons. The minimum absolute atomic E-state index is 0.180. The molecule has 1 aliphatic carbocycles. The largest absolute Gasteiger partial charge is 0.478 e. The van der Waals surface area contributed by atoms with Crippen molar-refractivity contribution >= 4 is 35.3 Å². The summed E-state index contributed by atoms with van der Waals surface area (Å²) in [5.41, 5.74) is 4.94. The lowest BCUT2D eigenvalue weighted by atomic mass is 9.81. The van der Waals surface area contributed by atoms with Crippen molar-refractivity contribution in [3.8, 4) is 11.1 Å². The molecule has 0 saturated heterocycles. The molecule has 4 rings (SSSR count). The van der Waals surface area contributed by atoms with Crippen LogP contribution in [0.25, 0.3) is 11.1 Å². The molecule has 3 aromatic rings. The van der Waals surface area contributed by atoms with Crippen LogP contribution in [0.2, 0.25) is 0 Å². The molecule has 3 amide bonds. The van der Waals surface area contributed by atoms with Gasteiger partial charge in [-0.25, -0.2) is 9.59 Å². The number of benzene rings is 3. The molecule has 0 spiro atoms. The van der Waals surface area contributed by atoms with E-state index in [4.69, 9.17) is 10.1 Å². The van der Waals surface area contributed by atoms with Gasteiger partial charge in [0.2, 0.25) is 11.8 Å². The number of nitrogens with one attached hydrogen (secondary N) is 4. The van der Waals surface area contributed by atoms with Gasteiger partial charge in [-0.2, -0.15) is 0 Å². The highest BCUT2D eigenvalue weighted by Gasteiger charge is 2.30. The number of carbonyl (C=O) groups is 4. The highest BCUT2D eigenvalue weighted by atomic mass is 16.6. The molecular formula is C38H46N4O6. The summed E-state index contributed by atoms with van der Waals surface area (Å²) in [6.07, 6.45) is 2.62. The van der Waals surface area contributed by atoms with Gasteiger partial charge in [-0.15, -0.1) is 0 Å². The van der Waals surface area contributed by atoms with Gasteiger partial charge in [0.1, 0.15) is 11.6 Å². The average Bonchev–Trinajstić information content (AvgIpc) is 3.04. The van der Waals surface area contributed by atoms with Crippen LogP contribution in [0, 0.1) is 24.2 Å². The highest BCUT2D eigenvalue weighted by Crippen LogP contribution is 2.30. The highest BCUT2D eigenvalue weighted by molar-refractivity contribution is 5.99. The minimum Gasteiger partial charge on any atom is -0.478 e. The Morgan fingerprint density at radius 1 is 0.917 bits per heavy atom. The Hall–Kier alpha value is -4.99. The second-order valence-corrected chi connectivity index (χ2v) is 13.6. The predicted octanol–water partition coefficient (Wildman–Crippen LogP) is 6.75. The molecule has 1 saturated carbocycles. The fraction of sp³-hybridized carbons (Fsp3) is 0.395. The summed E-state index contributed by atoms with van der Waals surface area (Å²) < 4.78 is 5.33. The monoisotopic (exact) mass is 654 g/mol. The standard InChI is InChI=1S/C38H46N4O6/c1-23-6-7-26(20-32(23)28-12-14-30(15-13-28)36(45)46)21-33(35(44)41-31-18-16-27(17-19-31)24(2)39)42-34(43)29-10-8-25(9-11-29)22-40-37(47)48-38(3,4)5/h6-7,12-20,25,29,33,39H,8-11,21-22H2,1-5H3,(H,40,47)(H,41,44)(H,42,43)(H,45,46)/t25?,29?,33-/m0/s1. The van der Waals surface area contributed by atoms with E-state index >= 15 is 0 Å². The van der Waals surface area contributed by atoms with Crippen LogP contribution in [-0.2, 0) is 20.7 Å². The number of ether oxygens (including phenoxy) is 1.